The highest BCUT2D eigenvalue weighted by molar-refractivity contribution is 7.84. The van der Waals surface area contributed by atoms with E-state index < -0.39 is 27.6 Å². The van der Waals surface area contributed by atoms with E-state index in [4.69, 9.17) is 6.57 Å². The molecule has 1 rings (SSSR count). The molecule has 0 saturated carbocycles. The molecule has 0 bridgehead atoms. The number of hydrogen-bond donors (Lipinski definition) is 1. The van der Waals surface area contributed by atoms with Crippen LogP contribution in [0, 0.1) is 12.4 Å². The Balaban J connectivity index is 2.96. The molecule has 98 valence electrons. The Morgan fingerprint density at radius 2 is 2.06 bits per heavy atom. The van der Waals surface area contributed by atoms with Gasteiger partial charge < -0.3 is 0 Å². The molecule has 0 saturated heterocycles. The highest BCUT2D eigenvalue weighted by Crippen LogP contribution is 2.26. The van der Waals surface area contributed by atoms with Crippen molar-refractivity contribution in [3.8, 4) is 0 Å². The van der Waals surface area contributed by atoms with Gasteiger partial charge in [0.05, 0.1) is 22.3 Å². The molecule has 0 aliphatic carbocycles. The summed E-state index contributed by atoms with van der Waals surface area (Å²) in [7, 11) is -1.28. The summed E-state index contributed by atoms with van der Waals surface area (Å²) in [5.41, 5.74) is 0.351. The Morgan fingerprint density at radius 3 is 2.56 bits per heavy atom. The van der Waals surface area contributed by atoms with Crippen molar-refractivity contribution >= 4 is 16.7 Å². The first-order chi connectivity index (χ1) is 8.27. The zero-order valence-electron chi connectivity index (χ0n) is 11.0. The smallest absolute Gasteiger partial charge is 0.222 e. The molecular weight excluding hydrogens is 251 g/mol. The van der Waals surface area contributed by atoms with Crippen LogP contribution in [-0.4, -0.2) is 8.96 Å². The maximum absolute atomic E-state index is 13.9. The zero-order chi connectivity index (χ0) is 13.9. The van der Waals surface area contributed by atoms with Crippen molar-refractivity contribution in [1.82, 2.24) is 4.72 Å². The molecule has 0 amide bonds. The van der Waals surface area contributed by atoms with E-state index in [1.807, 2.05) is 20.8 Å². The van der Waals surface area contributed by atoms with Crippen molar-refractivity contribution in [2.24, 2.45) is 0 Å². The molecule has 0 fully saturated rings. The summed E-state index contributed by atoms with van der Waals surface area (Å²) < 4.78 is 28.3. The van der Waals surface area contributed by atoms with Gasteiger partial charge in [-0.15, -0.1) is 0 Å². The molecule has 0 aliphatic rings. The molecule has 0 aromatic heterocycles. The Hall–Kier alpha value is -1.25. The third kappa shape index (κ3) is 3.37. The van der Waals surface area contributed by atoms with Gasteiger partial charge in [0.2, 0.25) is 5.69 Å². The molecule has 1 N–H and O–H groups in total. The van der Waals surface area contributed by atoms with E-state index in [9.17, 15) is 8.60 Å². The van der Waals surface area contributed by atoms with E-state index >= 15 is 0 Å². The van der Waals surface area contributed by atoms with Gasteiger partial charge in [-0.1, -0.05) is 18.2 Å². The van der Waals surface area contributed by atoms with Gasteiger partial charge >= 0.3 is 0 Å². The largest absolute Gasteiger partial charge is 0.242 e. The van der Waals surface area contributed by atoms with Crippen LogP contribution in [0.2, 0.25) is 0 Å². The van der Waals surface area contributed by atoms with Gasteiger partial charge in [-0.3, -0.25) is 0 Å². The summed E-state index contributed by atoms with van der Waals surface area (Å²) in [4.78, 5) is 3.11. The molecule has 0 aliphatic heterocycles. The van der Waals surface area contributed by atoms with Gasteiger partial charge in [0.15, 0.2) is 0 Å². The summed E-state index contributed by atoms with van der Waals surface area (Å²) in [5.74, 6) is -0.543. The molecule has 0 spiro atoms. The molecule has 0 heterocycles. The van der Waals surface area contributed by atoms with Crippen LogP contribution in [0.4, 0.5) is 10.1 Å². The molecule has 0 unspecified atom stereocenters. The Bertz CT molecular complexity index is 503. The molecule has 1 aromatic rings. The number of nitrogens with zero attached hydrogens (tertiary/aromatic N) is 1. The predicted octanol–water partition coefficient (Wildman–Crippen LogP) is 3.49. The maximum Gasteiger partial charge on any atom is 0.222 e. The van der Waals surface area contributed by atoms with Gasteiger partial charge in [-0.05, 0) is 33.3 Å². The molecule has 18 heavy (non-hydrogen) atoms. The summed E-state index contributed by atoms with van der Waals surface area (Å²) in [6.07, 6.45) is 0. The predicted molar refractivity (Wildman–Crippen MR) is 72.1 cm³/mol. The summed E-state index contributed by atoms with van der Waals surface area (Å²) >= 11 is 0. The number of halogens is 1. The van der Waals surface area contributed by atoms with Crippen LogP contribution in [0.25, 0.3) is 4.85 Å². The van der Waals surface area contributed by atoms with Crippen molar-refractivity contribution < 1.29 is 8.60 Å². The molecule has 5 heteroatoms. The molecule has 0 radical (unpaired) electrons. The van der Waals surface area contributed by atoms with Crippen molar-refractivity contribution in [2.45, 2.75) is 38.5 Å². The van der Waals surface area contributed by atoms with Crippen molar-refractivity contribution in [3.63, 3.8) is 0 Å². The normalized spacial score (nSPS) is 14.9. The lowest BCUT2D eigenvalue weighted by Gasteiger charge is -2.22. The van der Waals surface area contributed by atoms with Crippen molar-refractivity contribution in [2.75, 3.05) is 0 Å². The quantitative estimate of drug-likeness (QED) is 0.836. The summed E-state index contributed by atoms with van der Waals surface area (Å²) in [5, 5.41) is 0. The second-order valence-corrected chi connectivity index (χ2v) is 7.01. The van der Waals surface area contributed by atoms with E-state index in [-0.39, 0.29) is 5.69 Å². The lowest BCUT2D eigenvalue weighted by atomic mass is 10.1. The van der Waals surface area contributed by atoms with Gasteiger partial charge in [-0.2, -0.15) is 0 Å². The van der Waals surface area contributed by atoms with E-state index in [1.165, 1.54) is 6.07 Å². The van der Waals surface area contributed by atoms with E-state index in [0.29, 0.717) is 5.56 Å². The lowest BCUT2D eigenvalue weighted by molar-refractivity contribution is 0.575. The van der Waals surface area contributed by atoms with Crippen LogP contribution in [0.5, 0.6) is 0 Å². The molecular formula is C13H17FN2OS. The van der Waals surface area contributed by atoms with Gasteiger partial charge in [-0.25, -0.2) is 18.2 Å². The minimum atomic E-state index is -1.28. The average molecular weight is 268 g/mol. The van der Waals surface area contributed by atoms with Gasteiger partial charge in [0, 0.05) is 6.04 Å². The number of rotatable bonds is 3. The zero-order valence-corrected chi connectivity index (χ0v) is 11.8. The minimum absolute atomic E-state index is 0.0114. The molecule has 3 nitrogen and oxygen atoms in total. The Labute approximate surface area is 110 Å². The summed E-state index contributed by atoms with van der Waals surface area (Å²) in [6, 6.07) is 4.25. The fraction of sp³-hybridized carbons (Fsp3) is 0.462. The van der Waals surface area contributed by atoms with E-state index in [2.05, 4.69) is 9.57 Å². The highest BCUT2D eigenvalue weighted by Gasteiger charge is 2.23. The first kappa shape index (κ1) is 14.8. The second kappa shape index (κ2) is 5.59. The number of nitrogens with one attached hydrogen (secondary N) is 1. The standard InChI is InChI=1S/C13H17FN2OS/c1-9(16-18(17)13(2,3)4)10-7-6-8-11(15-5)12(10)14/h6-9,16H,1-4H3/t9-,18-/m1/s1. The van der Waals surface area contributed by atoms with Crippen LogP contribution in [0.1, 0.15) is 39.3 Å². The van der Waals surface area contributed by atoms with Crippen LogP contribution in [-0.2, 0) is 11.0 Å². The van der Waals surface area contributed by atoms with Gasteiger partial charge in [0.1, 0.15) is 5.82 Å². The maximum atomic E-state index is 13.9. The molecule has 1 aromatic carbocycles. The van der Waals surface area contributed by atoms with E-state index in [0.717, 1.165) is 0 Å². The Kier molecular flexibility index (Phi) is 4.60. The fourth-order valence-corrected chi connectivity index (χ4v) is 2.16. The highest BCUT2D eigenvalue weighted by atomic mass is 32.2. The average Bonchev–Trinajstić information content (AvgIpc) is 2.27. The van der Waals surface area contributed by atoms with Crippen molar-refractivity contribution in [1.29, 1.82) is 0 Å². The topological polar surface area (TPSA) is 33.5 Å². The SMILES string of the molecule is [C-]#[N+]c1cccc([C@@H](C)N[S@](=O)C(C)(C)C)c1F. The number of benzene rings is 1. The first-order valence-electron chi connectivity index (χ1n) is 5.61. The van der Waals surface area contributed by atoms with Crippen molar-refractivity contribution in [3.05, 3.63) is 41.0 Å². The minimum Gasteiger partial charge on any atom is -0.242 e. The third-order valence-electron chi connectivity index (χ3n) is 2.44. The van der Waals surface area contributed by atoms with Crippen LogP contribution < -0.4 is 4.72 Å². The first-order valence-corrected chi connectivity index (χ1v) is 6.76. The third-order valence-corrected chi connectivity index (χ3v) is 4.12. The van der Waals surface area contributed by atoms with Crippen LogP contribution >= 0.6 is 0 Å². The van der Waals surface area contributed by atoms with Gasteiger partial charge in [0.25, 0.3) is 0 Å². The lowest BCUT2D eigenvalue weighted by Crippen LogP contribution is -2.35. The fourth-order valence-electron chi connectivity index (χ4n) is 1.36. The van der Waals surface area contributed by atoms with E-state index in [1.54, 1.807) is 19.1 Å². The van der Waals surface area contributed by atoms with Crippen LogP contribution in [0.15, 0.2) is 18.2 Å². The number of hydrogen-bond acceptors (Lipinski definition) is 1. The van der Waals surface area contributed by atoms with Crippen LogP contribution in [0.3, 0.4) is 0 Å². The molecule has 2 atom stereocenters. The monoisotopic (exact) mass is 268 g/mol. The Morgan fingerprint density at radius 1 is 1.44 bits per heavy atom. The second-order valence-electron chi connectivity index (χ2n) is 5.01. The summed E-state index contributed by atoms with van der Waals surface area (Å²) in [6.45, 7) is 14.1.